The lowest BCUT2D eigenvalue weighted by molar-refractivity contribution is -0.269. The molecule has 84 heavy (non-hydrogen) atoms. The molecule has 0 radical (unpaired) electrons. The first-order valence-corrected chi connectivity index (χ1v) is 41.5. The van der Waals surface area contributed by atoms with Crippen molar-refractivity contribution in [3.63, 3.8) is 0 Å². The highest BCUT2D eigenvalue weighted by Gasteiger charge is 2.56. The summed E-state index contributed by atoms with van der Waals surface area (Å²) in [6, 6.07) is 8.11. The SMILES string of the molecule is C=CCC[C@@H]1O[C@@H]([C@H](/C=C/C(=O)CC[C@H]2CC(=C)C(CC[C@H]3C[C@@H](C)C(=C)[C@@H](CC4O[C@H]5CC(C)[C@@H](CCC)O[C@H]5[C@H](C)[C@H]4OCc4ccc(OC)cc4)O3)O2)O[Si](C)(C)C(C)(C)C)[C@@H](O[Si](C)(C)C(C)(C)C)[C@@H](O[Si](C)(C)C(C)(C)C)[C@H]1C. The second kappa shape index (κ2) is 29.3. The molecule has 5 fully saturated rings. The summed E-state index contributed by atoms with van der Waals surface area (Å²) in [5, 5.41) is -0.170. The van der Waals surface area contributed by atoms with Crippen molar-refractivity contribution in [2.24, 2.45) is 23.7 Å². The number of fused-ring (bicyclic) bond motifs is 1. The van der Waals surface area contributed by atoms with Gasteiger partial charge in [0.25, 0.3) is 0 Å². The monoisotopic (exact) mass is 1220 g/mol. The van der Waals surface area contributed by atoms with Gasteiger partial charge in [0.1, 0.15) is 11.9 Å². The molecule has 0 N–H and O–H groups in total. The number of carbonyl (C=O) groups excluding carboxylic acids is 1. The van der Waals surface area contributed by atoms with Crippen LogP contribution in [0.3, 0.4) is 0 Å². The maximum atomic E-state index is 14.3. The molecule has 14 heteroatoms. The number of allylic oxidation sites excluding steroid dienone is 2. The highest BCUT2D eigenvalue weighted by atomic mass is 28.4. The van der Waals surface area contributed by atoms with Crippen LogP contribution >= 0.6 is 0 Å². The van der Waals surface area contributed by atoms with Gasteiger partial charge in [-0.2, -0.15) is 0 Å². The first kappa shape index (κ1) is 71.0. The fourth-order valence-electron chi connectivity index (χ4n) is 12.6. The van der Waals surface area contributed by atoms with Gasteiger partial charge >= 0.3 is 0 Å². The van der Waals surface area contributed by atoms with E-state index in [0.29, 0.717) is 37.7 Å². The maximum absolute atomic E-state index is 14.3. The zero-order valence-electron chi connectivity index (χ0n) is 56.7. The van der Waals surface area contributed by atoms with E-state index in [1.54, 1.807) is 13.2 Å². The van der Waals surface area contributed by atoms with E-state index in [1.807, 2.05) is 24.3 Å². The fraction of sp³-hybridized carbons (Fsp3) is 0.786. The third-order valence-corrected chi connectivity index (χ3v) is 34.8. The minimum absolute atomic E-state index is 0.00385. The predicted molar refractivity (Wildman–Crippen MR) is 351 cm³/mol. The van der Waals surface area contributed by atoms with Crippen molar-refractivity contribution in [1.82, 2.24) is 0 Å². The summed E-state index contributed by atoms with van der Waals surface area (Å²) in [5.74, 6) is 1.78. The summed E-state index contributed by atoms with van der Waals surface area (Å²) in [5.41, 5.74) is 3.31. The van der Waals surface area contributed by atoms with Gasteiger partial charge in [0, 0.05) is 24.7 Å². The van der Waals surface area contributed by atoms with Crippen LogP contribution in [0.15, 0.2) is 73.4 Å². The van der Waals surface area contributed by atoms with E-state index in [1.165, 1.54) is 0 Å². The summed E-state index contributed by atoms with van der Waals surface area (Å²) < 4.78 is 70.1. The molecule has 3 unspecified atom stereocenters. The van der Waals surface area contributed by atoms with E-state index < -0.39 is 43.3 Å². The van der Waals surface area contributed by atoms with E-state index in [-0.39, 0.29) is 99.9 Å². The van der Waals surface area contributed by atoms with Crippen LogP contribution in [0, 0.1) is 23.7 Å². The highest BCUT2D eigenvalue weighted by molar-refractivity contribution is 6.75. The van der Waals surface area contributed by atoms with E-state index in [2.05, 4.69) is 168 Å². The van der Waals surface area contributed by atoms with Crippen molar-refractivity contribution in [2.45, 2.75) is 320 Å². The third-order valence-electron chi connectivity index (χ3n) is 21.3. The van der Waals surface area contributed by atoms with Crippen LogP contribution in [0.1, 0.15) is 180 Å². The van der Waals surface area contributed by atoms with Gasteiger partial charge in [-0.05, 0) is 159 Å². The summed E-state index contributed by atoms with van der Waals surface area (Å²) in [6.45, 7) is 59.6. The highest BCUT2D eigenvalue weighted by Crippen LogP contribution is 2.48. The lowest BCUT2D eigenvalue weighted by atomic mass is 9.78. The number of hydrogen-bond donors (Lipinski definition) is 0. The Kier molecular flexibility index (Phi) is 24.7. The molecule has 5 saturated heterocycles. The average Bonchev–Trinajstić information content (AvgIpc) is 1.60. The van der Waals surface area contributed by atoms with Crippen molar-refractivity contribution < 1.29 is 51.2 Å². The molecule has 0 aromatic heterocycles. The number of methoxy groups -OCH3 is 1. The van der Waals surface area contributed by atoms with Crippen molar-refractivity contribution >= 4 is 30.7 Å². The Hall–Kier alpha value is -2.06. The molecule has 11 nitrogen and oxygen atoms in total. The summed E-state index contributed by atoms with van der Waals surface area (Å²) in [4.78, 5) is 14.3. The molecule has 5 aliphatic rings. The maximum Gasteiger partial charge on any atom is 0.193 e. The molecule has 1 aromatic carbocycles. The smallest absolute Gasteiger partial charge is 0.193 e. The van der Waals surface area contributed by atoms with Gasteiger partial charge in [-0.25, -0.2) is 0 Å². The Balaban J connectivity index is 1.14. The van der Waals surface area contributed by atoms with Crippen molar-refractivity contribution in [1.29, 1.82) is 0 Å². The van der Waals surface area contributed by atoms with E-state index >= 15 is 0 Å². The number of carbonyl (C=O) groups is 1. The standard InChI is InChI=1S/C70H120O11Si3/c1-25-27-29-58-49(7)65(80-83(21,22)69(12,13)14)67(81-84(23,24)70(15,16)17)66(78-58)59(79-82(19,20)68(9,10)11)38-33-52(71)32-36-54-41-46(4)57(74-54)39-37-55-40-45(3)48(6)60(75-55)43-62-63(73-44-51-30-34-53(72-18)35-31-51)50(8)64-61(76-62)42-47(5)56(77-64)28-26-2/h25,30-31,33-35,38,45,47,49-50,54-67H,1,4,6,26-29,32,36-37,39-44H2,2-3,5,7-24H3/b38-33+/t45-,47?,49+,50-,54+,55+,56-,57?,58+,59+,60-,61+,62?,63-,64+,65+,66+,67+/m1/s1. The topological polar surface area (TPSA) is 109 Å². The predicted octanol–water partition coefficient (Wildman–Crippen LogP) is 17.3. The Bertz CT molecular complexity index is 2330. The van der Waals surface area contributed by atoms with Crippen molar-refractivity contribution in [3.05, 3.63) is 78.9 Å². The quantitative estimate of drug-likeness (QED) is 0.0502. The van der Waals surface area contributed by atoms with Crippen LogP contribution < -0.4 is 4.74 Å². The molecule has 6 rings (SSSR count). The van der Waals surface area contributed by atoms with Gasteiger partial charge in [-0.3, -0.25) is 4.79 Å². The Morgan fingerprint density at radius 1 is 0.690 bits per heavy atom. The second-order valence-corrected chi connectivity index (χ2v) is 45.2. The van der Waals surface area contributed by atoms with Crippen LogP contribution in [0.4, 0.5) is 0 Å². The normalized spacial score (nSPS) is 33.5. The largest absolute Gasteiger partial charge is 0.497 e. The van der Waals surface area contributed by atoms with Gasteiger partial charge in [0.2, 0.25) is 0 Å². The molecular formula is C70H120O11Si3. The van der Waals surface area contributed by atoms with Crippen molar-refractivity contribution in [3.8, 4) is 5.75 Å². The van der Waals surface area contributed by atoms with E-state index in [9.17, 15) is 4.79 Å². The molecular weight excluding hydrogens is 1100 g/mol. The van der Waals surface area contributed by atoms with Crippen molar-refractivity contribution in [2.75, 3.05) is 7.11 Å². The fourth-order valence-corrected chi connectivity index (χ4v) is 16.5. The van der Waals surface area contributed by atoms with Crippen LogP contribution in [-0.2, 0) is 53.1 Å². The van der Waals surface area contributed by atoms with Gasteiger partial charge in [0.05, 0.1) is 93.1 Å². The zero-order valence-corrected chi connectivity index (χ0v) is 59.7. The third kappa shape index (κ3) is 17.9. The number of benzene rings is 1. The zero-order chi connectivity index (χ0) is 62.5. The van der Waals surface area contributed by atoms with Gasteiger partial charge in [0.15, 0.2) is 30.7 Å². The molecule has 1 aromatic rings. The molecule has 0 bridgehead atoms. The number of ether oxygens (including phenoxy) is 7. The number of hydrogen-bond acceptors (Lipinski definition) is 11. The lowest BCUT2D eigenvalue weighted by Gasteiger charge is -2.54. The van der Waals surface area contributed by atoms with Crippen LogP contribution in [0.25, 0.3) is 0 Å². The molecule has 0 aliphatic carbocycles. The van der Waals surface area contributed by atoms with Gasteiger partial charge in [-0.1, -0.05) is 141 Å². The van der Waals surface area contributed by atoms with Crippen LogP contribution in [0.5, 0.6) is 5.75 Å². The van der Waals surface area contributed by atoms with Gasteiger partial charge < -0.3 is 46.4 Å². The molecule has 0 spiro atoms. The molecule has 5 heterocycles. The summed E-state index contributed by atoms with van der Waals surface area (Å²) in [7, 11) is -5.47. The number of rotatable bonds is 26. The summed E-state index contributed by atoms with van der Waals surface area (Å²) in [6.07, 6.45) is 13.2. The first-order valence-electron chi connectivity index (χ1n) is 32.7. The lowest BCUT2D eigenvalue weighted by Crippen LogP contribution is -2.65. The molecule has 5 aliphatic heterocycles. The van der Waals surface area contributed by atoms with Crippen LogP contribution in [0.2, 0.25) is 54.4 Å². The van der Waals surface area contributed by atoms with E-state index in [0.717, 1.165) is 80.2 Å². The first-order chi connectivity index (χ1) is 39.0. The Labute approximate surface area is 515 Å². The average molecular weight is 1220 g/mol. The Morgan fingerprint density at radius 2 is 1.31 bits per heavy atom. The van der Waals surface area contributed by atoms with Gasteiger partial charge in [-0.15, -0.1) is 6.58 Å². The molecule has 0 amide bonds. The number of ketones is 1. The molecule has 0 saturated carbocycles. The second-order valence-electron chi connectivity index (χ2n) is 31.0. The molecule has 18 atom stereocenters. The molecule has 478 valence electrons. The summed E-state index contributed by atoms with van der Waals surface area (Å²) >= 11 is 0. The van der Waals surface area contributed by atoms with Crippen LogP contribution in [-0.4, -0.2) is 123 Å². The minimum Gasteiger partial charge on any atom is -0.497 e. The Morgan fingerprint density at radius 3 is 1.90 bits per heavy atom. The van der Waals surface area contributed by atoms with E-state index in [4.69, 9.17) is 46.4 Å². The minimum atomic E-state index is -2.44.